The molecule has 3 aliphatic rings. The highest BCUT2D eigenvalue weighted by molar-refractivity contribution is 7.87. The first-order chi connectivity index (χ1) is 19.0. The quantitative estimate of drug-likeness (QED) is 0.0956. The Balaban J connectivity index is 1.51. The van der Waals surface area contributed by atoms with Crippen LogP contribution in [0.3, 0.4) is 0 Å². The van der Waals surface area contributed by atoms with E-state index in [4.69, 9.17) is 0 Å². The highest BCUT2D eigenvalue weighted by atomic mass is 32.2. The van der Waals surface area contributed by atoms with E-state index in [1.807, 2.05) is 12.1 Å². The number of benzene rings is 1. The van der Waals surface area contributed by atoms with Gasteiger partial charge in [0.05, 0.1) is 11.8 Å². The number of aliphatic hydroxyl groups is 2. The van der Waals surface area contributed by atoms with Crippen LogP contribution in [0.5, 0.6) is 0 Å². The number of hydrogen-bond acceptors (Lipinski definition) is 4. The number of fused-ring (bicyclic) bond motifs is 5. The minimum Gasteiger partial charge on any atom is -0.393 e. The SMILES string of the molecule is C=CC12CCc3cc(NS(=O)(=O)O)ccc3C1[C@@H](CCCCCC[C@@H](O)C(F)(F)C(F)(F)F)C[C@@]1(C)C2CC[C@@H]1O. The molecule has 0 amide bonds. The number of rotatable bonds is 11. The number of aliphatic hydroxyl groups excluding tert-OH is 2. The van der Waals surface area contributed by atoms with Crippen molar-refractivity contribution in [2.45, 2.75) is 108 Å². The van der Waals surface area contributed by atoms with E-state index in [9.17, 15) is 45.1 Å². The molecule has 3 aliphatic carbocycles. The van der Waals surface area contributed by atoms with Crippen molar-refractivity contribution < 1.29 is 45.1 Å². The van der Waals surface area contributed by atoms with Gasteiger partial charge in [-0.2, -0.15) is 30.4 Å². The zero-order chi connectivity index (χ0) is 30.4. The van der Waals surface area contributed by atoms with Gasteiger partial charge < -0.3 is 10.2 Å². The van der Waals surface area contributed by atoms with Crippen molar-refractivity contribution in [1.82, 2.24) is 0 Å². The van der Waals surface area contributed by atoms with E-state index >= 15 is 0 Å². The maximum Gasteiger partial charge on any atom is 0.456 e. The highest BCUT2D eigenvalue weighted by Crippen LogP contribution is 2.69. The lowest BCUT2D eigenvalue weighted by molar-refractivity contribution is -0.313. The number of allylic oxidation sites excluding steroid dienone is 1. The summed E-state index contributed by atoms with van der Waals surface area (Å²) in [7, 11) is -4.43. The Morgan fingerprint density at radius 3 is 2.46 bits per heavy atom. The number of unbranched alkanes of at least 4 members (excludes halogenated alkanes) is 3. The second-order valence-electron chi connectivity index (χ2n) is 12.5. The molecule has 0 heterocycles. The van der Waals surface area contributed by atoms with Gasteiger partial charge in [-0.3, -0.25) is 9.27 Å². The Labute approximate surface area is 238 Å². The van der Waals surface area contributed by atoms with Gasteiger partial charge in [0.1, 0.15) is 6.10 Å². The minimum atomic E-state index is -5.79. The zero-order valence-electron chi connectivity index (χ0n) is 23.1. The third-order valence-electron chi connectivity index (χ3n) is 10.2. The molecule has 2 fully saturated rings. The van der Waals surface area contributed by atoms with Gasteiger partial charge in [-0.15, -0.1) is 6.58 Å². The lowest BCUT2D eigenvalue weighted by Gasteiger charge is -2.60. The summed E-state index contributed by atoms with van der Waals surface area (Å²) in [6.07, 6.45) is -1.32. The van der Waals surface area contributed by atoms with Gasteiger partial charge in [0.2, 0.25) is 0 Å². The molecule has 232 valence electrons. The molecule has 0 spiro atoms. The number of halogens is 5. The van der Waals surface area contributed by atoms with E-state index in [1.54, 1.807) is 12.1 Å². The Hall–Kier alpha value is -1.76. The molecule has 41 heavy (non-hydrogen) atoms. The van der Waals surface area contributed by atoms with Crippen molar-refractivity contribution in [3.8, 4) is 0 Å². The number of aryl methyl sites for hydroxylation is 1. The second kappa shape index (κ2) is 11.4. The molecular formula is C29H40F5NO5S. The predicted molar refractivity (Wildman–Crippen MR) is 145 cm³/mol. The van der Waals surface area contributed by atoms with Gasteiger partial charge in [0.25, 0.3) is 0 Å². The molecule has 0 radical (unpaired) electrons. The van der Waals surface area contributed by atoms with Gasteiger partial charge in [-0.1, -0.05) is 44.7 Å². The van der Waals surface area contributed by atoms with Crippen molar-refractivity contribution in [1.29, 1.82) is 0 Å². The van der Waals surface area contributed by atoms with Gasteiger partial charge in [-0.25, -0.2) is 0 Å². The van der Waals surface area contributed by atoms with E-state index in [1.165, 1.54) is 0 Å². The molecule has 7 atom stereocenters. The molecule has 1 aromatic carbocycles. The van der Waals surface area contributed by atoms with Crippen molar-refractivity contribution >= 4 is 16.0 Å². The summed E-state index contributed by atoms with van der Waals surface area (Å²) in [5.74, 6) is -4.74. The van der Waals surface area contributed by atoms with E-state index < -0.39 is 41.0 Å². The lowest BCUT2D eigenvalue weighted by atomic mass is 9.44. The molecule has 0 bridgehead atoms. The van der Waals surface area contributed by atoms with Crippen molar-refractivity contribution in [2.24, 2.45) is 22.7 Å². The smallest absolute Gasteiger partial charge is 0.393 e. The average molecular weight is 610 g/mol. The minimum absolute atomic E-state index is 0.0441. The fourth-order valence-electron chi connectivity index (χ4n) is 8.39. The average Bonchev–Trinajstić information content (AvgIpc) is 3.17. The van der Waals surface area contributed by atoms with Crippen LogP contribution in [0.4, 0.5) is 27.6 Å². The number of alkyl halides is 5. The van der Waals surface area contributed by atoms with Crippen LogP contribution in [-0.2, 0) is 16.7 Å². The molecule has 0 aromatic heterocycles. The van der Waals surface area contributed by atoms with Crippen molar-refractivity contribution in [2.75, 3.05) is 4.72 Å². The zero-order valence-corrected chi connectivity index (χ0v) is 24.0. The highest BCUT2D eigenvalue weighted by Gasteiger charge is 2.63. The topological polar surface area (TPSA) is 107 Å². The van der Waals surface area contributed by atoms with Crippen LogP contribution in [0, 0.1) is 22.7 Å². The van der Waals surface area contributed by atoms with Crippen LogP contribution < -0.4 is 4.72 Å². The maximum absolute atomic E-state index is 13.3. The van der Waals surface area contributed by atoms with Gasteiger partial charge in [0.15, 0.2) is 0 Å². The summed E-state index contributed by atoms with van der Waals surface area (Å²) < 4.78 is 98.2. The molecule has 2 saturated carbocycles. The van der Waals surface area contributed by atoms with E-state index in [0.29, 0.717) is 32.1 Å². The lowest BCUT2D eigenvalue weighted by Crippen LogP contribution is -2.54. The number of hydrogen-bond donors (Lipinski definition) is 4. The third kappa shape index (κ3) is 6.03. The first-order valence-electron chi connectivity index (χ1n) is 14.3. The van der Waals surface area contributed by atoms with Crippen molar-refractivity contribution in [3.63, 3.8) is 0 Å². The number of anilines is 1. The maximum atomic E-state index is 13.3. The summed E-state index contributed by atoms with van der Waals surface area (Å²) in [5.41, 5.74) is 1.74. The summed E-state index contributed by atoms with van der Waals surface area (Å²) >= 11 is 0. The molecule has 6 nitrogen and oxygen atoms in total. The van der Waals surface area contributed by atoms with Crippen LogP contribution in [0.25, 0.3) is 0 Å². The summed E-state index contributed by atoms with van der Waals surface area (Å²) in [6.45, 7) is 6.39. The van der Waals surface area contributed by atoms with Crippen LogP contribution >= 0.6 is 0 Å². The number of nitrogens with one attached hydrogen (secondary N) is 1. The fraction of sp³-hybridized carbons (Fsp3) is 0.724. The Kier molecular flexibility index (Phi) is 8.93. The first-order valence-corrected chi connectivity index (χ1v) is 15.7. The van der Waals surface area contributed by atoms with E-state index in [-0.39, 0.29) is 40.7 Å². The first kappa shape index (κ1) is 32.2. The Bertz CT molecular complexity index is 1220. The Morgan fingerprint density at radius 2 is 1.83 bits per heavy atom. The molecule has 1 aromatic rings. The molecule has 4 N–H and O–H groups in total. The normalized spacial score (nSPS) is 32.5. The van der Waals surface area contributed by atoms with E-state index in [2.05, 4.69) is 18.2 Å². The standard InChI is InChI=1S/C29H40F5NO5S/c1-3-27-15-14-18-16-20(35-41(38,39)40)10-11-21(18)25(27)19(17-26(2)22(27)12-13-23(26)36)8-6-4-5-7-9-24(37)28(30,31)29(32,33)34/h3,10-11,16,19,22-25,35-37H,1,4-9,12-15,17H2,2H3,(H,38,39,40)/t19-,22?,23-,24+,25?,26-,27?/m0/s1. The molecule has 12 heteroatoms. The van der Waals surface area contributed by atoms with E-state index in [0.717, 1.165) is 36.8 Å². The van der Waals surface area contributed by atoms with Gasteiger partial charge in [-0.05, 0) is 96.8 Å². The van der Waals surface area contributed by atoms with Crippen LogP contribution in [-0.4, -0.2) is 47.5 Å². The molecule has 3 unspecified atom stereocenters. The van der Waals surface area contributed by atoms with Gasteiger partial charge >= 0.3 is 22.4 Å². The van der Waals surface area contributed by atoms with Crippen LogP contribution in [0.15, 0.2) is 30.9 Å². The van der Waals surface area contributed by atoms with Crippen molar-refractivity contribution in [3.05, 3.63) is 42.0 Å². The molecular weight excluding hydrogens is 569 g/mol. The van der Waals surface area contributed by atoms with Crippen LogP contribution in [0.1, 0.15) is 88.2 Å². The summed E-state index contributed by atoms with van der Waals surface area (Å²) in [5, 5.41) is 20.5. The Morgan fingerprint density at radius 1 is 1.15 bits per heavy atom. The fourth-order valence-corrected chi connectivity index (χ4v) is 8.81. The summed E-state index contributed by atoms with van der Waals surface area (Å²) in [6, 6.07) is 5.27. The van der Waals surface area contributed by atoms with Crippen LogP contribution in [0.2, 0.25) is 0 Å². The largest absolute Gasteiger partial charge is 0.456 e. The summed E-state index contributed by atoms with van der Waals surface area (Å²) in [4.78, 5) is 0. The predicted octanol–water partition coefficient (Wildman–Crippen LogP) is 6.80. The molecule has 0 saturated heterocycles. The van der Waals surface area contributed by atoms with Gasteiger partial charge in [0, 0.05) is 0 Å². The monoisotopic (exact) mass is 609 g/mol. The molecule has 4 rings (SSSR count). The third-order valence-corrected chi connectivity index (χ3v) is 10.7. The second-order valence-corrected chi connectivity index (χ2v) is 13.7. The molecule has 0 aliphatic heterocycles.